The first-order chi connectivity index (χ1) is 9.20. The molecule has 1 aromatic heterocycles. The highest BCUT2D eigenvalue weighted by molar-refractivity contribution is 7.09. The van der Waals surface area contributed by atoms with E-state index in [0.717, 1.165) is 30.0 Å². The molecule has 2 aromatic rings. The van der Waals surface area contributed by atoms with Crippen LogP contribution >= 0.6 is 22.9 Å². The molecule has 0 aliphatic carbocycles. The minimum absolute atomic E-state index is 0.474. The first kappa shape index (κ1) is 14.5. The van der Waals surface area contributed by atoms with Gasteiger partial charge in [-0.1, -0.05) is 29.8 Å². The third kappa shape index (κ3) is 4.03. The Kier molecular flexibility index (Phi) is 5.37. The van der Waals surface area contributed by atoms with E-state index in [-0.39, 0.29) is 0 Å². The molecule has 0 radical (unpaired) electrons. The summed E-state index contributed by atoms with van der Waals surface area (Å²) >= 11 is 7.93. The second kappa shape index (κ2) is 7.04. The normalized spacial score (nSPS) is 12.6. The third-order valence-electron chi connectivity index (χ3n) is 3.42. The standard InChI is InChI=1S/C15H19ClN2S/c1-11-15(19-10-18-11)7-6-12(9-17)8-13-4-2-3-5-14(13)16/h2-5,10,12H,6-9,17H2,1H3. The first-order valence-electron chi connectivity index (χ1n) is 6.53. The maximum absolute atomic E-state index is 6.20. The molecule has 0 saturated carbocycles. The van der Waals surface area contributed by atoms with Gasteiger partial charge >= 0.3 is 0 Å². The smallest absolute Gasteiger partial charge is 0.0797 e. The molecule has 2 nitrogen and oxygen atoms in total. The molecule has 0 aliphatic heterocycles. The maximum atomic E-state index is 6.20. The van der Waals surface area contributed by atoms with Crippen molar-refractivity contribution < 1.29 is 0 Å². The van der Waals surface area contributed by atoms with Crippen molar-refractivity contribution in [1.82, 2.24) is 4.98 Å². The van der Waals surface area contributed by atoms with Gasteiger partial charge < -0.3 is 5.73 Å². The fraction of sp³-hybridized carbons (Fsp3) is 0.400. The van der Waals surface area contributed by atoms with Gasteiger partial charge in [0.25, 0.3) is 0 Å². The van der Waals surface area contributed by atoms with Crippen molar-refractivity contribution in [2.75, 3.05) is 6.54 Å². The lowest BCUT2D eigenvalue weighted by Gasteiger charge is -2.15. The van der Waals surface area contributed by atoms with Gasteiger partial charge in [0.05, 0.1) is 11.2 Å². The zero-order chi connectivity index (χ0) is 13.7. The number of aromatic nitrogens is 1. The van der Waals surface area contributed by atoms with Crippen molar-refractivity contribution in [1.29, 1.82) is 0 Å². The average molecular weight is 295 g/mol. The number of hydrogen-bond donors (Lipinski definition) is 1. The van der Waals surface area contributed by atoms with E-state index in [1.807, 2.05) is 23.7 Å². The van der Waals surface area contributed by atoms with Crippen molar-refractivity contribution in [2.45, 2.75) is 26.2 Å². The number of benzene rings is 1. The highest BCUT2D eigenvalue weighted by Gasteiger charge is 2.11. The Morgan fingerprint density at radius 3 is 2.79 bits per heavy atom. The number of halogens is 1. The van der Waals surface area contributed by atoms with Crippen molar-refractivity contribution in [3.8, 4) is 0 Å². The molecule has 0 saturated heterocycles. The van der Waals surface area contributed by atoms with Crippen LogP contribution in [0.4, 0.5) is 0 Å². The molecule has 102 valence electrons. The number of nitrogens with two attached hydrogens (primary N) is 1. The molecular weight excluding hydrogens is 276 g/mol. The van der Waals surface area contributed by atoms with Gasteiger partial charge in [-0.15, -0.1) is 11.3 Å². The summed E-state index contributed by atoms with van der Waals surface area (Å²) in [5, 5.41) is 0.843. The molecule has 0 spiro atoms. The van der Waals surface area contributed by atoms with Crippen LogP contribution in [0.1, 0.15) is 22.6 Å². The number of thiazole rings is 1. The van der Waals surface area contributed by atoms with Crippen LogP contribution in [0.15, 0.2) is 29.8 Å². The topological polar surface area (TPSA) is 38.9 Å². The zero-order valence-electron chi connectivity index (χ0n) is 11.1. The van der Waals surface area contributed by atoms with Crippen molar-refractivity contribution in [3.05, 3.63) is 50.9 Å². The van der Waals surface area contributed by atoms with Gasteiger partial charge in [-0.2, -0.15) is 0 Å². The van der Waals surface area contributed by atoms with E-state index in [9.17, 15) is 0 Å². The quantitative estimate of drug-likeness (QED) is 0.879. The van der Waals surface area contributed by atoms with Crippen LogP contribution in [0.3, 0.4) is 0 Å². The summed E-state index contributed by atoms with van der Waals surface area (Å²) in [4.78, 5) is 5.66. The van der Waals surface area contributed by atoms with Gasteiger partial charge in [-0.3, -0.25) is 0 Å². The van der Waals surface area contributed by atoms with Crippen LogP contribution in [0.5, 0.6) is 0 Å². The van der Waals surface area contributed by atoms with Crippen molar-refractivity contribution >= 4 is 22.9 Å². The highest BCUT2D eigenvalue weighted by atomic mass is 35.5. The minimum Gasteiger partial charge on any atom is -0.330 e. The van der Waals surface area contributed by atoms with Gasteiger partial charge in [0.15, 0.2) is 0 Å². The summed E-state index contributed by atoms with van der Waals surface area (Å²) < 4.78 is 0. The molecule has 1 aromatic carbocycles. The Hall–Kier alpha value is -0.900. The van der Waals surface area contributed by atoms with Gasteiger partial charge in [-0.25, -0.2) is 4.98 Å². The Morgan fingerprint density at radius 1 is 1.37 bits per heavy atom. The summed E-state index contributed by atoms with van der Waals surface area (Å²) in [5.74, 6) is 0.474. The van der Waals surface area contributed by atoms with E-state index in [0.29, 0.717) is 12.5 Å². The molecule has 1 heterocycles. The molecule has 0 bridgehead atoms. The van der Waals surface area contributed by atoms with Crippen LogP contribution in [0.2, 0.25) is 5.02 Å². The van der Waals surface area contributed by atoms with E-state index in [1.54, 1.807) is 11.3 Å². The van der Waals surface area contributed by atoms with E-state index >= 15 is 0 Å². The van der Waals surface area contributed by atoms with Crippen LogP contribution in [0.25, 0.3) is 0 Å². The summed E-state index contributed by atoms with van der Waals surface area (Å²) in [6, 6.07) is 8.02. The van der Waals surface area contributed by atoms with Gasteiger partial charge in [0.1, 0.15) is 0 Å². The van der Waals surface area contributed by atoms with E-state index in [1.165, 1.54) is 10.4 Å². The molecule has 2 rings (SSSR count). The number of hydrogen-bond acceptors (Lipinski definition) is 3. The number of aryl methyl sites for hydroxylation is 2. The molecular formula is C15H19ClN2S. The van der Waals surface area contributed by atoms with Crippen LogP contribution < -0.4 is 5.73 Å². The highest BCUT2D eigenvalue weighted by Crippen LogP contribution is 2.22. The second-order valence-corrected chi connectivity index (χ2v) is 6.14. The largest absolute Gasteiger partial charge is 0.330 e. The van der Waals surface area contributed by atoms with E-state index < -0.39 is 0 Å². The molecule has 1 unspecified atom stereocenters. The molecule has 0 amide bonds. The molecule has 19 heavy (non-hydrogen) atoms. The fourth-order valence-electron chi connectivity index (χ4n) is 2.18. The van der Waals surface area contributed by atoms with Gasteiger partial charge in [0.2, 0.25) is 0 Å². The fourth-order valence-corrected chi connectivity index (χ4v) is 3.19. The molecule has 2 N–H and O–H groups in total. The minimum atomic E-state index is 0.474. The zero-order valence-corrected chi connectivity index (χ0v) is 12.7. The number of rotatable bonds is 6. The molecule has 0 fully saturated rings. The molecule has 4 heteroatoms. The monoisotopic (exact) mass is 294 g/mol. The summed E-state index contributed by atoms with van der Waals surface area (Å²) in [6.45, 7) is 2.76. The lowest BCUT2D eigenvalue weighted by molar-refractivity contribution is 0.495. The molecule has 1 atom stereocenters. The number of nitrogens with zero attached hydrogens (tertiary/aromatic N) is 1. The van der Waals surface area contributed by atoms with E-state index in [2.05, 4.69) is 18.0 Å². The average Bonchev–Trinajstić information content (AvgIpc) is 2.82. The van der Waals surface area contributed by atoms with Crippen LogP contribution in [-0.4, -0.2) is 11.5 Å². The van der Waals surface area contributed by atoms with Crippen molar-refractivity contribution in [2.24, 2.45) is 11.7 Å². The van der Waals surface area contributed by atoms with Crippen LogP contribution in [0, 0.1) is 12.8 Å². The Labute approximate surface area is 123 Å². The van der Waals surface area contributed by atoms with Crippen LogP contribution in [-0.2, 0) is 12.8 Å². The predicted octanol–water partition coefficient (Wildman–Crippen LogP) is 3.86. The SMILES string of the molecule is Cc1ncsc1CCC(CN)Cc1ccccc1Cl. The first-order valence-corrected chi connectivity index (χ1v) is 7.79. The van der Waals surface area contributed by atoms with Gasteiger partial charge in [0, 0.05) is 9.90 Å². The maximum Gasteiger partial charge on any atom is 0.0797 e. The second-order valence-electron chi connectivity index (χ2n) is 4.80. The third-order valence-corrected chi connectivity index (χ3v) is 4.79. The Bertz CT molecular complexity index is 524. The summed E-state index contributed by atoms with van der Waals surface area (Å²) in [6.07, 6.45) is 3.10. The Morgan fingerprint density at radius 2 is 2.16 bits per heavy atom. The lowest BCUT2D eigenvalue weighted by atomic mass is 9.94. The summed E-state index contributed by atoms with van der Waals surface area (Å²) in [5.41, 5.74) is 10.2. The van der Waals surface area contributed by atoms with Crippen molar-refractivity contribution in [3.63, 3.8) is 0 Å². The molecule has 0 aliphatic rings. The van der Waals surface area contributed by atoms with Gasteiger partial charge in [-0.05, 0) is 50.3 Å². The Balaban J connectivity index is 1.94. The lowest BCUT2D eigenvalue weighted by Crippen LogP contribution is -2.18. The van der Waals surface area contributed by atoms with E-state index in [4.69, 9.17) is 17.3 Å². The predicted molar refractivity (Wildman–Crippen MR) is 82.9 cm³/mol. The summed E-state index contributed by atoms with van der Waals surface area (Å²) in [7, 11) is 0.